The zero-order valence-corrected chi connectivity index (χ0v) is 16.6. The average molecular weight is 395 g/mol. The van der Waals surface area contributed by atoms with Crippen molar-refractivity contribution in [2.24, 2.45) is 0 Å². The number of pyridine rings is 1. The molecule has 0 unspecified atom stereocenters. The number of hydrogen-bond acceptors (Lipinski definition) is 3. The fraction of sp³-hybridized carbons (Fsp3) is 0.318. The van der Waals surface area contributed by atoms with Crippen LogP contribution in [0.15, 0.2) is 48.7 Å². The molecule has 0 saturated carbocycles. The van der Waals surface area contributed by atoms with E-state index in [2.05, 4.69) is 22.3 Å². The molecule has 1 aliphatic rings. The minimum absolute atomic E-state index is 0.0446. The molecule has 1 aromatic carbocycles. The van der Waals surface area contributed by atoms with E-state index >= 15 is 0 Å². The summed E-state index contributed by atoms with van der Waals surface area (Å²) in [4.78, 5) is 19.7. The molecule has 144 valence electrons. The Bertz CT molecular complexity index is 984. The van der Waals surface area contributed by atoms with E-state index in [-0.39, 0.29) is 11.8 Å². The summed E-state index contributed by atoms with van der Waals surface area (Å²) in [6, 6.07) is 14.0. The predicted octanol–water partition coefficient (Wildman–Crippen LogP) is 4.38. The van der Waals surface area contributed by atoms with Crippen molar-refractivity contribution in [3.63, 3.8) is 0 Å². The Hall–Kier alpha value is -2.66. The molecule has 6 heteroatoms. The lowest BCUT2D eigenvalue weighted by Crippen LogP contribution is -2.39. The van der Waals surface area contributed by atoms with Crippen molar-refractivity contribution in [2.75, 3.05) is 13.1 Å². The lowest BCUT2D eigenvalue weighted by molar-refractivity contribution is 0.0705. The minimum Gasteiger partial charge on any atom is -0.338 e. The molecule has 2 aromatic heterocycles. The van der Waals surface area contributed by atoms with Crippen LogP contribution in [0.3, 0.4) is 0 Å². The SMILES string of the molecule is Cc1[nH]ncc1C(=O)N1CCC[C@@H](c2cccc(Cc3ccccc3Cl)n2)C1. The van der Waals surface area contributed by atoms with Crippen molar-refractivity contribution in [2.45, 2.75) is 32.1 Å². The first-order valence-corrected chi connectivity index (χ1v) is 9.98. The second-order valence-electron chi connectivity index (χ2n) is 7.32. The molecule has 1 saturated heterocycles. The third-order valence-electron chi connectivity index (χ3n) is 5.34. The molecule has 1 aliphatic heterocycles. The fourth-order valence-electron chi connectivity index (χ4n) is 3.80. The third kappa shape index (κ3) is 3.94. The van der Waals surface area contributed by atoms with E-state index < -0.39 is 0 Å². The predicted molar refractivity (Wildman–Crippen MR) is 110 cm³/mol. The lowest BCUT2D eigenvalue weighted by atomic mass is 9.93. The van der Waals surface area contributed by atoms with Crippen LogP contribution in [0.1, 0.15) is 51.8 Å². The summed E-state index contributed by atoms with van der Waals surface area (Å²) < 4.78 is 0. The Morgan fingerprint density at radius 1 is 1.25 bits per heavy atom. The number of piperidine rings is 1. The van der Waals surface area contributed by atoms with Gasteiger partial charge in [-0.2, -0.15) is 5.10 Å². The van der Waals surface area contributed by atoms with Gasteiger partial charge in [-0.05, 0) is 43.5 Å². The summed E-state index contributed by atoms with van der Waals surface area (Å²) in [5, 5.41) is 7.59. The summed E-state index contributed by atoms with van der Waals surface area (Å²) in [6.07, 6.45) is 4.33. The summed E-state index contributed by atoms with van der Waals surface area (Å²) in [6.45, 7) is 3.34. The van der Waals surface area contributed by atoms with Crippen LogP contribution < -0.4 is 0 Å². The number of aromatic amines is 1. The van der Waals surface area contributed by atoms with Gasteiger partial charge in [0, 0.05) is 47.5 Å². The van der Waals surface area contributed by atoms with Gasteiger partial charge in [0.25, 0.3) is 5.91 Å². The van der Waals surface area contributed by atoms with Gasteiger partial charge >= 0.3 is 0 Å². The van der Waals surface area contributed by atoms with Crippen LogP contribution in [0.2, 0.25) is 5.02 Å². The van der Waals surface area contributed by atoms with Crippen molar-refractivity contribution in [3.05, 3.63) is 81.9 Å². The van der Waals surface area contributed by atoms with E-state index in [1.54, 1.807) is 6.20 Å². The molecular formula is C22H23ClN4O. The van der Waals surface area contributed by atoms with Crippen LogP contribution in [0.5, 0.6) is 0 Å². The van der Waals surface area contributed by atoms with Crippen LogP contribution >= 0.6 is 11.6 Å². The van der Waals surface area contributed by atoms with Crippen molar-refractivity contribution < 1.29 is 4.79 Å². The first-order chi connectivity index (χ1) is 13.6. The number of carbonyl (C=O) groups excluding carboxylic acids is 1. The Labute approximate surface area is 169 Å². The molecule has 3 heterocycles. The number of likely N-dealkylation sites (tertiary alicyclic amines) is 1. The Morgan fingerprint density at radius 2 is 2.11 bits per heavy atom. The molecular weight excluding hydrogens is 372 g/mol. The maximum atomic E-state index is 12.8. The molecule has 4 rings (SSSR count). The highest BCUT2D eigenvalue weighted by atomic mass is 35.5. The molecule has 0 spiro atoms. The topological polar surface area (TPSA) is 61.9 Å². The summed E-state index contributed by atoms with van der Waals surface area (Å²) in [5.41, 5.74) is 4.59. The molecule has 1 amide bonds. The zero-order valence-electron chi connectivity index (χ0n) is 15.9. The molecule has 5 nitrogen and oxygen atoms in total. The van der Waals surface area contributed by atoms with Crippen molar-refractivity contribution in [1.82, 2.24) is 20.1 Å². The van der Waals surface area contributed by atoms with Gasteiger partial charge in [0.15, 0.2) is 0 Å². The van der Waals surface area contributed by atoms with Gasteiger partial charge in [-0.15, -0.1) is 0 Å². The standard InChI is InChI=1S/C22H23ClN4O/c1-15-19(13-24-26-15)22(28)27-11-5-7-17(14-27)21-10-4-8-18(25-21)12-16-6-2-3-9-20(16)23/h2-4,6,8-10,13,17H,5,7,11-12,14H2,1H3,(H,24,26)/t17-/m1/s1. The molecule has 28 heavy (non-hydrogen) atoms. The van der Waals surface area contributed by atoms with E-state index in [0.717, 1.165) is 47.1 Å². The number of nitrogens with zero attached hydrogens (tertiary/aromatic N) is 3. The highest BCUT2D eigenvalue weighted by molar-refractivity contribution is 6.31. The van der Waals surface area contributed by atoms with Crippen LogP contribution in [0, 0.1) is 6.92 Å². The second-order valence-corrected chi connectivity index (χ2v) is 7.73. The summed E-state index contributed by atoms with van der Waals surface area (Å²) >= 11 is 6.30. The van der Waals surface area contributed by atoms with Gasteiger partial charge in [-0.1, -0.05) is 35.9 Å². The largest absolute Gasteiger partial charge is 0.338 e. The lowest BCUT2D eigenvalue weighted by Gasteiger charge is -2.32. The Kier molecular flexibility index (Phi) is 5.44. The van der Waals surface area contributed by atoms with E-state index in [1.807, 2.05) is 42.2 Å². The summed E-state index contributed by atoms with van der Waals surface area (Å²) in [5.74, 6) is 0.291. The molecule has 1 fully saturated rings. The number of aromatic nitrogens is 3. The second kappa shape index (κ2) is 8.15. The van der Waals surface area contributed by atoms with Gasteiger partial charge in [0.1, 0.15) is 0 Å². The summed E-state index contributed by atoms with van der Waals surface area (Å²) in [7, 11) is 0. The Balaban J connectivity index is 1.50. The number of halogens is 1. The van der Waals surface area contributed by atoms with Crippen molar-refractivity contribution in [3.8, 4) is 0 Å². The van der Waals surface area contributed by atoms with Gasteiger partial charge in [-0.3, -0.25) is 14.9 Å². The normalized spacial score (nSPS) is 16.9. The van der Waals surface area contributed by atoms with Crippen LogP contribution in [-0.2, 0) is 6.42 Å². The van der Waals surface area contributed by atoms with E-state index in [0.29, 0.717) is 18.5 Å². The van der Waals surface area contributed by atoms with Crippen LogP contribution in [-0.4, -0.2) is 39.1 Å². The quantitative estimate of drug-likeness (QED) is 0.714. The number of hydrogen-bond donors (Lipinski definition) is 1. The molecule has 1 atom stereocenters. The van der Waals surface area contributed by atoms with Crippen molar-refractivity contribution >= 4 is 17.5 Å². The number of amides is 1. The van der Waals surface area contributed by atoms with Gasteiger partial charge < -0.3 is 4.90 Å². The monoisotopic (exact) mass is 394 g/mol. The maximum absolute atomic E-state index is 12.8. The van der Waals surface area contributed by atoms with E-state index in [9.17, 15) is 4.79 Å². The maximum Gasteiger partial charge on any atom is 0.257 e. The Morgan fingerprint density at radius 3 is 2.89 bits per heavy atom. The molecule has 0 aliphatic carbocycles. The number of carbonyl (C=O) groups is 1. The van der Waals surface area contributed by atoms with E-state index in [4.69, 9.17) is 16.6 Å². The van der Waals surface area contributed by atoms with E-state index in [1.165, 1.54) is 0 Å². The number of rotatable bonds is 4. The number of H-pyrrole nitrogens is 1. The van der Waals surface area contributed by atoms with Crippen LogP contribution in [0.4, 0.5) is 0 Å². The smallest absolute Gasteiger partial charge is 0.257 e. The molecule has 3 aromatic rings. The zero-order chi connectivity index (χ0) is 19.5. The first-order valence-electron chi connectivity index (χ1n) is 9.60. The average Bonchev–Trinajstić information content (AvgIpc) is 3.15. The fourth-order valence-corrected chi connectivity index (χ4v) is 4.00. The third-order valence-corrected chi connectivity index (χ3v) is 5.71. The number of benzene rings is 1. The van der Waals surface area contributed by atoms with Crippen molar-refractivity contribution in [1.29, 1.82) is 0 Å². The minimum atomic E-state index is 0.0446. The van der Waals surface area contributed by atoms with Gasteiger partial charge in [0.05, 0.1) is 11.8 Å². The van der Waals surface area contributed by atoms with Gasteiger partial charge in [-0.25, -0.2) is 0 Å². The molecule has 1 N–H and O–H groups in total. The highest BCUT2D eigenvalue weighted by Crippen LogP contribution is 2.27. The van der Waals surface area contributed by atoms with Gasteiger partial charge in [0.2, 0.25) is 0 Å². The highest BCUT2D eigenvalue weighted by Gasteiger charge is 2.27. The number of nitrogens with one attached hydrogen (secondary N) is 1. The number of aryl methyl sites for hydroxylation is 1. The molecule has 0 radical (unpaired) electrons. The first kappa shape index (κ1) is 18.7. The molecule has 0 bridgehead atoms. The van der Waals surface area contributed by atoms with Crippen LogP contribution in [0.25, 0.3) is 0 Å².